The average Bonchev–Trinajstić information content (AvgIpc) is 2.98. The number of phenolic OH excluding ortho intramolecular Hbond substituents is 1. The Hall–Kier alpha value is -2.69. The number of methoxy groups -OCH3 is 1. The molecule has 2 rings (SSSR count). The number of rotatable bonds is 7. The monoisotopic (exact) mass is 412 g/mol. The third-order valence-electron chi connectivity index (χ3n) is 3.34. The highest BCUT2D eigenvalue weighted by Crippen LogP contribution is 2.27. The van der Waals surface area contributed by atoms with Crippen LogP contribution in [0.15, 0.2) is 24.3 Å². The number of amides is 2. The molecule has 1 aromatic heterocycles. The van der Waals surface area contributed by atoms with Gasteiger partial charge in [0.25, 0.3) is 5.91 Å². The van der Waals surface area contributed by atoms with Gasteiger partial charge in [-0.05, 0) is 17.7 Å². The first-order chi connectivity index (χ1) is 12.8. The number of aromatic nitrogens is 1. The fraction of sp³-hybridized carbons (Fsp3) is 0.250. The average molecular weight is 413 g/mol. The van der Waals surface area contributed by atoms with Crippen molar-refractivity contribution in [2.24, 2.45) is 5.73 Å². The molecule has 0 spiro atoms. The van der Waals surface area contributed by atoms with Gasteiger partial charge in [-0.15, -0.1) is 0 Å². The molecule has 0 aliphatic rings. The van der Waals surface area contributed by atoms with E-state index in [1.807, 2.05) is 0 Å². The SMILES string of the molecule is COC(=O)[C@H](CN)NC(=O)c1sc(NC(=O)Cc2cccc(O)c2)nc1Cl. The van der Waals surface area contributed by atoms with E-state index in [0.717, 1.165) is 11.3 Å². The van der Waals surface area contributed by atoms with Crippen molar-refractivity contribution in [1.29, 1.82) is 0 Å². The molecule has 0 saturated heterocycles. The van der Waals surface area contributed by atoms with Crippen LogP contribution in [0, 0.1) is 0 Å². The van der Waals surface area contributed by atoms with Crippen molar-refractivity contribution >= 4 is 45.9 Å². The maximum absolute atomic E-state index is 12.3. The lowest BCUT2D eigenvalue weighted by atomic mass is 10.1. The normalized spacial score (nSPS) is 11.5. The molecule has 0 aliphatic heterocycles. The van der Waals surface area contributed by atoms with Crippen molar-refractivity contribution in [1.82, 2.24) is 10.3 Å². The van der Waals surface area contributed by atoms with Crippen LogP contribution >= 0.6 is 22.9 Å². The molecule has 0 unspecified atom stereocenters. The molecule has 0 radical (unpaired) electrons. The maximum Gasteiger partial charge on any atom is 0.329 e. The number of halogens is 1. The van der Waals surface area contributed by atoms with Crippen molar-refractivity contribution in [2.75, 3.05) is 19.0 Å². The summed E-state index contributed by atoms with van der Waals surface area (Å²) in [6.07, 6.45) is 0.00468. The highest BCUT2D eigenvalue weighted by Gasteiger charge is 2.24. The third-order valence-corrected chi connectivity index (χ3v) is 4.70. The fourth-order valence-electron chi connectivity index (χ4n) is 2.09. The van der Waals surface area contributed by atoms with Gasteiger partial charge < -0.3 is 26.2 Å². The summed E-state index contributed by atoms with van der Waals surface area (Å²) in [6, 6.07) is 5.25. The minimum Gasteiger partial charge on any atom is -0.508 e. The minimum absolute atomic E-state index is 0.00468. The highest BCUT2D eigenvalue weighted by molar-refractivity contribution is 7.18. The lowest BCUT2D eigenvalue weighted by molar-refractivity contribution is -0.142. The van der Waals surface area contributed by atoms with Crippen LogP contribution in [0.3, 0.4) is 0 Å². The largest absolute Gasteiger partial charge is 0.508 e. The lowest BCUT2D eigenvalue weighted by Gasteiger charge is -2.13. The maximum atomic E-state index is 12.3. The number of carbonyl (C=O) groups is 3. The first kappa shape index (κ1) is 20.6. The van der Waals surface area contributed by atoms with Gasteiger partial charge in [0.2, 0.25) is 5.91 Å². The number of benzene rings is 1. The van der Waals surface area contributed by atoms with E-state index in [1.165, 1.54) is 19.2 Å². The number of aromatic hydroxyl groups is 1. The molecule has 0 saturated carbocycles. The summed E-state index contributed by atoms with van der Waals surface area (Å²) < 4.78 is 4.54. The Bertz CT molecular complexity index is 857. The lowest BCUT2D eigenvalue weighted by Crippen LogP contribution is -2.46. The van der Waals surface area contributed by atoms with E-state index in [9.17, 15) is 19.5 Å². The van der Waals surface area contributed by atoms with E-state index in [0.29, 0.717) is 5.56 Å². The number of esters is 1. The number of ether oxygens (including phenoxy) is 1. The van der Waals surface area contributed by atoms with Gasteiger partial charge in [0.15, 0.2) is 10.3 Å². The highest BCUT2D eigenvalue weighted by atomic mass is 35.5. The van der Waals surface area contributed by atoms with E-state index >= 15 is 0 Å². The summed E-state index contributed by atoms with van der Waals surface area (Å²) in [4.78, 5) is 39.8. The Balaban J connectivity index is 2.03. The second-order valence-corrected chi connectivity index (χ2v) is 6.68. The minimum atomic E-state index is -1.02. The van der Waals surface area contributed by atoms with Crippen LogP contribution in [0.5, 0.6) is 5.75 Å². The zero-order valence-electron chi connectivity index (χ0n) is 14.2. The number of nitrogens with one attached hydrogen (secondary N) is 2. The predicted molar refractivity (Wildman–Crippen MR) is 99.9 cm³/mol. The molecule has 144 valence electrons. The summed E-state index contributed by atoms with van der Waals surface area (Å²) >= 11 is 6.80. The molecule has 5 N–H and O–H groups in total. The van der Waals surface area contributed by atoms with Gasteiger partial charge in [-0.3, -0.25) is 9.59 Å². The van der Waals surface area contributed by atoms with Crippen molar-refractivity contribution in [2.45, 2.75) is 12.5 Å². The van der Waals surface area contributed by atoms with Crippen molar-refractivity contribution < 1.29 is 24.2 Å². The van der Waals surface area contributed by atoms with Crippen molar-refractivity contribution in [3.8, 4) is 5.75 Å². The number of nitrogens with two attached hydrogens (primary N) is 1. The second-order valence-electron chi connectivity index (χ2n) is 5.32. The van der Waals surface area contributed by atoms with Gasteiger partial charge in [0.1, 0.15) is 16.7 Å². The van der Waals surface area contributed by atoms with Crippen LogP contribution in [-0.4, -0.2) is 47.6 Å². The summed E-state index contributed by atoms with van der Waals surface area (Å²) in [5.74, 6) is -1.69. The molecule has 9 nitrogen and oxygen atoms in total. The number of hydrogen-bond acceptors (Lipinski definition) is 8. The van der Waals surface area contributed by atoms with Crippen LogP contribution in [-0.2, 0) is 20.7 Å². The van der Waals surface area contributed by atoms with Crippen LogP contribution in [0.25, 0.3) is 0 Å². The van der Waals surface area contributed by atoms with E-state index < -0.39 is 23.8 Å². The number of hydrogen-bond donors (Lipinski definition) is 4. The Kier molecular flexibility index (Phi) is 7.11. The first-order valence-electron chi connectivity index (χ1n) is 7.67. The zero-order chi connectivity index (χ0) is 20.0. The van der Waals surface area contributed by atoms with Crippen molar-refractivity contribution in [3.05, 3.63) is 39.9 Å². The zero-order valence-corrected chi connectivity index (χ0v) is 15.8. The summed E-state index contributed by atoms with van der Waals surface area (Å²) in [5.41, 5.74) is 6.04. The molecular weight excluding hydrogens is 396 g/mol. The smallest absolute Gasteiger partial charge is 0.329 e. The van der Waals surface area contributed by atoms with Crippen LogP contribution < -0.4 is 16.4 Å². The molecular formula is C16H17ClN4O5S. The molecule has 0 bridgehead atoms. The molecule has 1 heterocycles. The quantitative estimate of drug-likeness (QED) is 0.495. The van der Waals surface area contributed by atoms with Gasteiger partial charge in [-0.25, -0.2) is 9.78 Å². The van der Waals surface area contributed by atoms with Crippen LogP contribution in [0.1, 0.15) is 15.2 Å². The molecule has 27 heavy (non-hydrogen) atoms. The molecule has 0 fully saturated rings. The Morgan fingerprint density at radius 2 is 2.15 bits per heavy atom. The Morgan fingerprint density at radius 3 is 2.78 bits per heavy atom. The molecule has 1 aromatic carbocycles. The fourth-order valence-corrected chi connectivity index (χ4v) is 3.20. The van der Waals surface area contributed by atoms with Gasteiger partial charge >= 0.3 is 5.97 Å². The standard InChI is InChI=1S/C16H17ClN4O5S/c1-26-15(25)10(7-18)19-14(24)12-13(17)21-16(27-12)20-11(23)6-8-3-2-4-9(22)5-8/h2-5,10,22H,6-7,18H2,1H3,(H,19,24)(H,20,21,23)/t10-/m0/s1. The van der Waals surface area contributed by atoms with Gasteiger partial charge in [0, 0.05) is 6.54 Å². The molecule has 1 atom stereocenters. The Morgan fingerprint density at radius 1 is 1.41 bits per heavy atom. The molecule has 2 aromatic rings. The molecule has 11 heteroatoms. The van der Waals surface area contributed by atoms with E-state index in [4.69, 9.17) is 17.3 Å². The van der Waals surface area contributed by atoms with E-state index in [-0.39, 0.29) is 33.9 Å². The molecule has 2 amide bonds. The van der Waals surface area contributed by atoms with Crippen LogP contribution in [0.2, 0.25) is 5.15 Å². The summed E-state index contributed by atoms with van der Waals surface area (Å²) in [5, 5.41) is 14.4. The van der Waals surface area contributed by atoms with E-state index in [1.54, 1.807) is 12.1 Å². The van der Waals surface area contributed by atoms with Gasteiger partial charge in [0.05, 0.1) is 13.5 Å². The Labute approximate surface area is 163 Å². The summed E-state index contributed by atoms with van der Waals surface area (Å²) in [7, 11) is 1.18. The van der Waals surface area contributed by atoms with Crippen molar-refractivity contribution in [3.63, 3.8) is 0 Å². The number of nitrogens with zero attached hydrogens (tertiary/aromatic N) is 1. The molecule has 0 aliphatic carbocycles. The number of thiazole rings is 1. The second kappa shape index (κ2) is 9.31. The predicted octanol–water partition coefficient (Wildman–Crippen LogP) is 0.913. The number of phenols is 1. The third kappa shape index (κ3) is 5.64. The number of anilines is 1. The number of carbonyl (C=O) groups excluding carboxylic acids is 3. The summed E-state index contributed by atoms with van der Waals surface area (Å²) in [6.45, 7) is -0.150. The van der Waals surface area contributed by atoms with Gasteiger partial charge in [-0.2, -0.15) is 0 Å². The first-order valence-corrected chi connectivity index (χ1v) is 8.86. The van der Waals surface area contributed by atoms with E-state index in [2.05, 4.69) is 20.4 Å². The van der Waals surface area contributed by atoms with Crippen LogP contribution in [0.4, 0.5) is 5.13 Å². The van der Waals surface area contributed by atoms with Gasteiger partial charge in [-0.1, -0.05) is 35.1 Å². The topological polar surface area (TPSA) is 144 Å².